The van der Waals surface area contributed by atoms with Gasteiger partial charge in [0.2, 0.25) is 5.91 Å². The van der Waals surface area contributed by atoms with E-state index in [1.165, 1.54) is 0 Å². The molecule has 1 fully saturated rings. The maximum atomic E-state index is 13.5. The number of benzene rings is 3. The predicted molar refractivity (Wildman–Crippen MR) is 138 cm³/mol. The van der Waals surface area contributed by atoms with Crippen molar-refractivity contribution in [2.24, 2.45) is 0 Å². The summed E-state index contributed by atoms with van der Waals surface area (Å²) >= 11 is 5.74. The first-order valence-electron chi connectivity index (χ1n) is 11.2. The number of aryl methyl sites for hydroxylation is 1. The summed E-state index contributed by atoms with van der Waals surface area (Å²) in [7, 11) is 1.59. The number of anilines is 2. The third-order valence-corrected chi connectivity index (χ3v) is 6.26. The first kappa shape index (κ1) is 23.4. The van der Waals surface area contributed by atoms with Crippen molar-refractivity contribution in [2.45, 2.75) is 25.8 Å². The lowest BCUT2D eigenvalue weighted by Gasteiger charge is -2.24. The van der Waals surface area contributed by atoms with E-state index in [0.717, 1.165) is 11.1 Å². The van der Waals surface area contributed by atoms with E-state index in [1.54, 1.807) is 36.3 Å². The third-order valence-electron chi connectivity index (χ3n) is 5.85. The highest BCUT2D eigenvalue weighted by molar-refractivity contribution is 7.80. The van der Waals surface area contributed by atoms with E-state index < -0.39 is 6.04 Å². The summed E-state index contributed by atoms with van der Waals surface area (Å²) < 4.78 is 5.16. The number of thiocarbonyl (C=S) groups is 1. The van der Waals surface area contributed by atoms with Crippen molar-refractivity contribution in [1.29, 1.82) is 0 Å². The van der Waals surface area contributed by atoms with Gasteiger partial charge in [-0.15, -0.1) is 0 Å². The highest BCUT2D eigenvalue weighted by Gasteiger charge is 2.43. The van der Waals surface area contributed by atoms with Crippen molar-refractivity contribution < 1.29 is 14.3 Å². The van der Waals surface area contributed by atoms with Crippen LogP contribution in [-0.2, 0) is 16.0 Å². The summed E-state index contributed by atoms with van der Waals surface area (Å²) in [5.41, 5.74) is 3.60. The first-order chi connectivity index (χ1) is 16.5. The maximum Gasteiger partial charge on any atom is 0.256 e. The molecule has 0 radical (unpaired) electrons. The molecule has 0 aromatic heterocycles. The molecule has 1 N–H and O–H groups in total. The van der Waals surface area contributed by atoms with Crippen LogP contribution >= 0.6 is 12.2 Å². The second-order valence-corrected chi connectivity index (χ2v) is 8.58. The molecule has 0 saturated carbocycles. The van der Waals surface area contributed by atoms with E-state index >= 15 is 0 Å². The Morgan fingerprint density at radius 1 is 1.00 bits per heavy atom. The number of nitrogens with zero attached hydrogens (tertiary/aromatic N) is 2. The summed E-state index contributed by atoms with van der Waals surface area (Å²) in [6.45, 7) is 2.53. The van der Waals surface area contributed by atoms with E-state index in [9.17, 15) is 9.59 Å². The van der Waals surface area contributed by atoms with Gasteiger partial charge in [-0.1, -0.05) is 48.0 Å². The lowest BCUT2D eigenvalue weighted by atomic mass is 10.1. The van der Waals surface area contributed by atoms with Gasteiger partial charge in [-0.3, -0.25) is 14.5 Å². The van der Waals surface area contributed by atoms with Crippen LogP contribution in [0, 0.1) is 6.92 Å². The average molecular weight is 474 g/mol. The molecule has 1 aliphatic heterocycles. The lowest BCUT2D eigenvalue weighted by Crippen LogP contribution is -2.39. The number of nitrogens with one attached hydrogen (secondary N) is 1. The van der Waals surface area contributed by atoms with Gasteiger partial charge in [-0.2, -0.15) is 0 Å². The number of rotatable bonds is 8. The normalized spacial score (nSPS) is 15.5. The number of carbonyl (C=O) groups excluding carboxylic acids is 2. The van der Waals surface area contributed by atoms with Gasteiger partial charge in [0.25, 0.3) is 5.91 Å². The molecule has 3 aromatic rings. The summed E-state index contributed by atoms with van der Waals surface area (Å²) in [6, 6.07) is 24.1. The number of hydrogen-bond donors (Lipinski definition) is 1. The molecule has 6 nitrogen and oxygen atoms in total. The molecular weight excluding hydrogens is 446 g/mol. The van der Waals surface area contributed by atoms with Crippen LogP contribution < -0.4 is 15.0 Å². The second kappa shape index (κ2) is 10.5. The standard InChI is InChI=1S/C27H27N3O3S/c1-19-8-12-22(13-9-19)30-26(32)24(18-25(31)28-21-10-14-23(33-2)15-11-21)29(27(30)34)17-16-20-6-4-3-5-7-20/h3-15,24H,16-18H2,1-2H3,(H,28,31)/t24-/m0/s1. The van der Waals surface area contributed by atoms with Crippen LogP contribution in [0.1, 0.15) is 17.5 Å². The van der Waals surface area contributed by atoms with Gasteiger partial charge in [0.15, 0.2) is 5.11 Å². The summed E-state index contributed by atoms with van der Waals surface area (Å²) in [5.74, 6) is 0.267. The van der Waals surface area contributed by atoms with Crippen LogP contribution in [0.2, 0.25) is 0 Å². The molecule has 0 unspecified atom stereocenters. The summed E-state index contributed by atoms with van der Waals surface area (Å²) in [6.07, 6.45) is 0.717. The molecule has 174 valence electrons. The molecule has 34 heavy (non-hydrogen) atoms. The highest BCUT2D eigenvalue weighted by Crippen LogP contribution is 2.28. The second-order valence-electron chi connectivity index (χ2n) is 8.22. The fraction of sp³-hybridized carbons (Fsp3) is 0.222. The first-order valence-corrected chi connectivity index (χ1v) is 11.6. The molecule has 7 heteroatoms. The maximum absolute atomic E-state index is 13.5. The third kappa shape index (κ3) is 5.26. The highest BCUT2D eigenvalue weighted by atomic mass is 32.1. The van der Waals surface area contributed by atoms with Crippen LogP contribution in [0.4, 0.5) is 11.4 Å². The molecule has 0 aliphatic carbocycles. The molecule has 1 heterocycles. The molecule has 0 bridgehead atoms. The number of methoxy groups -OCH3 is 1. The Labute approximate surface area is 205 Å². The van der Waals surface area contributed by atoms with Crippen LogP contribution in [0.25, 0.3) is 0 Å². The topological polar surface area (TPSA) is 61.9 Å². The Bertz CT molecular complexity index is 1160. The zero-order valence-electron chi connectivity index (χ0n) is 19.2. The Kier molecular flexibility index (Phi) is 7.23. The Morgan fingerprint density at radius 3 is 2.32 bits per heavy atom. The molecule has 1 aliphatic rings. The van der Waals surface area contributed by atoms with E-state index in [-0.39, 0.29) is 18.2 Å². The fourth-order valence-corrected chi connectivity index (χ4v) is 4.39. The SMILES string of the molecule is COc1ccc(NC(=O)C[C@H]2C(=O)N(c3ccc(C)cc3)C(=S)N2CCc2ccccc2)cc1. The number of hydrogen-bond acceptors (Lipinski definition) is 4. The Hall–Kier alpha value is -3.71. The average Bonchev–Trinajstić information content (AvgIpc) is 3.08. The summed E-state index contributed by atoms with van der Waals surface area (Å²) in [4.78, 5) is 29.8. The lowest BCUT2D eigenvalue weighted by molar-refractivity contribution is -0.124. The quantitative estimate of drug-likeness (QED) is 0.486. The van der Waals surface area contributed by atoms with Crippen molar-refractivity contribution in [2.75, 3.05) is 23.9 Å². The Balaban J connectivity index is 1.53. The molecule has 3 aromatic carbocycles. The van der Waals surface area contributed by atoms with Gasteiger partial charge in [0.05, 0.1) is 19.2 Å². The molecule has 0 spiro atoms. The molecule has 1 atom stereocenters. The van der Waals surface area contributed by atoms with Crippen LogP contribution in [0.3, 0.4) is 0 Å². The minimum atomic E-state index is -0.671. The van der Waals surface area contributed by atoms with E-state index in [1.807, 2.05) is 66.4 Å². The Morgan fingerprint density at radius 2 is 1.68 bits per heavy atom. The van der Waals surface area contributed by atoms with Crippen molar-refractivity contribution >= 4 is 40.5 Å². The van der Waals surface area contributed by atoms with Crippen LogP contribution in [0.15, 0.2) is 78.9 Å². The van der Waals surface area contributed by atoms with Crippen LogP contribution in [-0.4, -0.2) is 41.5 Å². The molecule has 4 rings (SSSR count). The van der Waals surface area contributed by atoms with Gasteiger partial charge in [-0.05, 0) is 67.5 Å². The molecular formula is C27H27N3O3S. The minimum absolute atomic E-state index is 0.00214. The zero-order valence-corrected chi connectivity index (χ0v) is 20.0. The van der Waals surface area contributed by atoms with Gasteiger partial charge in [0.1, 0.15) is 11.8 Å². The largest absolute Gasteiger partial charge is 0.497 e. The van der Waals surface area contributed by atoms with E-state index in [0.29, 0.717) is 35.2 Å². The van der Waals surface area contributed by atoms with Crippen molar-refractivity contribution in [3.8, 4) is 5.75 Å². The van der Waals surface area contributed by atoms with Gasteiger partial charge < -0.3 is 15.0 Å². The van der Waals surface area contributed by atoms with Gasteiger partial charge in [-0.25, -0.2) is 0 Å². The molecule has 2 amide bonds. The zero-order chi connectivity index (χ0) is 24.1. The number of ether oxygens (including phenoxy) is 1. The summed E-state index contributed by atoms with van der Waals surface area (Å²) in [5, 5.41) is 3.30. The monoisotopic (exact) mass is 473 g/mol. The van der Waals surface area contributed by atoms with Crippen LogP contribution in [0.5, 0.6) is 5.75 Å². The van der Waals surface area contributed by atoms with Gasteiger partial charge >= 0.3 is 0 Å². The van der Waals surface area contributed by atoms with Crippen molar-refractivity contribution in [3.05, 3.63) is 90.0 Å². The predicted octanol–water partition coefficient (Wildman–Crippen LogP) is 4.58. The molecule has 1 saturated heterocycles. The number of amides is 2. The van der Waals surface area contributed by atoms with Gasteiger partial charge in [0, 0.05) is 12.2 Å². The van der Waals surface area contributed by atoms with E-state index in [4.69, 9.17) is 17.0 Å². The minimum Gasteiger partial charge on any atom is -0.497 e. The van der Waals surface area contributed by atoms with Crippen molar-refractivity contribution in [1.82, 2.24) is 4.90 Å². The number of carbonyl (C=O) groups is 2. The fourth-order valence-electron chi connectivity index (χ4n) is 3.98. The van der Waals surface area contributed by atoms with E-state index in [2.05, 4.69) is 5.32 Å². The van der Waals surface area contributed by atoms with Crippen molar-refractivity contribution in [3.63, 3.8) is 0 Å². The smallest absolute Gasteiger partial charge is 0.256 e.